The van der Waals surface area contributed by atoms with Crippen molar-refractivity contribution in [3.63, 3.8) is 0 Å². The fourth-order valence-electron chi connectivity index (χ4n) is 1.77. The zero-order chi connectivity index (χ0) is 11.7. The average Bonchev–Trinajstić information content (AvgIpc) is 2.60. The van der Waals surface area contributed by atoms with E-state index < -0.39 is 0 Å². The van der Waals surface area contributed by atoms with E-state index >= 15 is 0 Å². The molecule has 16 heavy (non-hydrogen) atoms. The van der Waals surface area contributed by atoms with Gasteiger partial charge in [-0.05, 0) is 25.0 Å². The maximum Gasteiger partial charge on any atom is 0.226 e. The summed E-state index contributed by atoms with van der Waals surface area (Å²) in [6.45, 7) is 6.09. The number of aromatic nitrogens is 2. The highest BCUT2D eigenvalue weighted by Crippen LogP contribution is 2.32. The Kier molecular flexibility index (Phi) is 2.64. The molecule has 0 aliphatic rings. The van der Waals surface area contributed by atoms with Gasteiger partial charge in [0.1, 0.15) is 5.69 Å². The van der Waals surface area contributed by atoms with Crippen LogP contribution in [0.25, 0.3) is 11.3 Å². The van der Waals surface area contributed by atoms with Gasteiger partial charge in [0.05, 0.1) is 0 Å². The van der Waals surface area contributed by atoms with E-state index in [1.807, 2.05) is 19.1 Å². The van der Waals surface area contributed by atoms with Gasteiger partial charge >= 0.3 is 0 Å². The van der Waals surface area contributed by atoms with Gasteiger partial charge in [-0.25, -0.2) is 0 Å². The summed E-state index contributed by atoms with van der Waals surface area (Å²) < 4.78 is 5.06. The largest absolute Gasteiger partial charge is 0.367 e. The minimum atomic E-state index is 0.287. The lowest BCUT2D eigenvalue weighted by atomic mass is 9.99. The van der Waals surface area contributed by atoms with Gasteiger partial charge in [0.15, 0.2) is 0 Å². The Hall–Kier alpha value is -1.84. The summed E-state index contributed by atoms with van der Waals surface area (Å²) >= 11 is 0. The minimum absolute atomic E-state index is 0.287. The van der Waals surface area contributed by atoms with Crippen molar-refractivity contribution in [2.24, 2.45) is 0 Å². The van der Waals surface area contributed by atoms with E-state index in [4.69, 9.17) is 10.3 Å². The van der Waals surface area contributed by atoms with Crippen LogP contribution in [0.5, 0.6) is 0 Å². The lowest BCUT2D eigenvalue weighted by Crippen LogP contribution is -1.95. The predicted molar refractivity (Wildman–Crippen MR) is 63.0 cm³/mol. The molecule has 0 aromatic carbocycles. The number of hydrogen-bond donors (Lipinski definition) is 1. The Labute approximate surface area is 94.5 Å². The van der Waals surface area contributed by atoms with Crippen molar-refractivity contribution in [1.29, 1.82) is 0 Å². The van der Waals surface area contributed by atoms with Crippen molar-refractivity contribution in [3.8, 4) is 11.3 Å². The summed E-state index contributed by atoms with van der Waals surface area (Å²) in [6, 6.07) is 3.89. The Bertz CT molecular complexity index is 503. The maximum atomic E-state index is 5.77. The molecule has 0 atom stereocenters. The minimum Gasteiger partial charge on any atom is -0.367 e. The summed E-state index contributed by atoms with van der Waals surface area (Å²) in [6.07, 6.45) is 1.76. The van der Waals surface area contributed by atoms with Crippen LogP contribution in [-0.2, 0) is 0 Å². The molecule has 84 valence electrons. The number of nitrogens with zero attached hydrogens (tertiary/aromatic N) is 2. The number of aryl methyl sites for hydroxylation is 1. The molecular formula is C12H15N3O. The molecule has 0 aliphatic heterocycles. The fraction of sp³-hybridized carbons (Fsp3) is 0.333. The third-order valence-electron chi connectivity index (χ3n) is 2.50. The highest BCUT2D eigenvalue weighted by atomic mass is 16.5. The van der Waals surface area contributed by atoms with E-state index in [0.29, 0.717) is 5.88 Å². The van der Waals surface area contributed by atoms with Crippen LogP contribution in [0.1, 0.15) is 31.0 Å². The van der Waals surface area contributed by atoms with Crippen LogP contribution in [-0.4, -0.2) is 10.1 Å². The van der Waals surface area contributed by atoms with Crippen molar-refractivity contribution in [3.05, 3.63) is 29.6 Å². The highest BCUT2D eigenvalue weighted by Gasteiger charge is 2.18. The summed E-state index contributed by atoms with van der Waals surface area (Å²) in [5.41, 5.74) is 9.50. The monoisotopic (exact) mass is 217 g/mol. The summed E-state index contributed by atoms with van der Waals surface area (Å²) in [5.74, 6) is 0.689. The number of nitrogen functional groups attached to an aromatic ring is 1. The van der Waals surface area contributed by atoms with Crippen molar-refractivity contribution in [2.75, 3.05) is 5.73 Å². The molecule has 0 fully saturated rings. The lowest BCUT2D eigenvalue weighted by molar-refractivity contribution is 0.438. The van der Waals surface area contributed by atoms with Crippen LogP contribution >= 0.6 is 0 Å². The van der Waals surface area contributed by atoms with Gasteiger partial charge in [0.2, 0.25) is 5.88 Å². The lowest BCUT2D eigenvalue weighted by Gasteiger charge is -2.05. The van der Waals surface area contributed by atoms with Gasteiger partial charge in [-0.2, -0.15) is 0 Å². The first-order chi connectivity index (χ1) is 7.59. The molecule has 0 bridgehead atoms. The molecule has 2 N–H and O–H groups in total. The Morgan fingerprint density at radius 3 is 2.75 bits per heavy atom. The molecule has 0 saturated carbocycles. The first-order valence-corrected chi connectivity index (χ1v) is 5.27. The van der Waals surface area contributed by atoms with Gasteiger partial charge in [0.25, 0.3) is 0 Å². The first kappa shape index (κ1) is 10.7. The molecule has 2 aromatic heterocycles. The van der Waals surface area contributed by atoms with Gasteiger partial charge < -0.3 is 10.3 Å². The van der Waals surface area contributed by atoms with Gasteiger partial charge in [-0.15, -0.1) is 0 Å². The van der Waals surface area contributed by atoms with Crippen molar-refractivity contribution in [1.82, 2.24) is 10.1 Å². The predicted octanol–water partition coefficient (Wildman–Crippen LogP) is 2.75. The number of anilines is 1. The van der Waals surface area contributed by atoms with Crippen LogP contribution in [0.3, 0.4) is 0 Å². The van der Waals surface area contributed by atoms with Crippen LogP contribution < -0.4 is 5.73 Å². The summed E-state index contributed by atoms with van der Waals surface area (Å²) in [7, 11) is 0. The Morgan fingerprint density at radius 1 is 1.38 bits per heavy atom. The summed E-state index contributed by atoms with van der Waals surface area (Å²) in [4.78, 5) is 4.16. The normalized spacial score (nSPS) is 11.0. The zero-order valence-electron chi connectivity index (χ0n) is 9.69. The number of pyridine rings is 1. The second-order valence-electron chi connectivity index (χ2n) is 4.15. The van der Waals surface area contributed by atoms with Gasteiger partial charge in [0, 0.05) is 23.0 Å². The average molecular weight is 217 g/mol. The van der Waals surface area contributed by atoms with E-state index in [-0.39, 0.29) is 5.92 Å². The molecule has 0 amide bonds. The molecule has 4 heteroatoms. The molecule has 2 aromatic rings. The number of nitrogens with two attached hydrogens (primary N) is 1. The molecule has 0 unspecified atom stereocenters. The van der Waals surface area contributed by atoms with E-state index in [9.17, 15) is 0 Å². The molecule has 0 aliphatic carbocycles. The SMILES string of the molecule is Cc1cc(-c2noc(N)c2C(C)C)ccn1. The van der Waals surface area contributed by atoms with Gasteiger partial charge in [-0.3, -0.25) is 4.98 Å². The third kappa shape index (κ3) is 1.78. The topological polar surface area (TPSA) is 64.9 Å². The Morgan fingerprint density at radius 2 is 2.12 bits per heavy atom. The van der Waals surface area contributed by atoms with E-state index in [1.165, 1.54) is 0 Å². The number of rotatable bonds is 2. The quantitative estimate of drug-likeness (QED) is 0.840. The second kappa shape index (κ2) is 3.96. The molecule has 0 saturated heterocycles. The highest BCUT2D eigenvalue weighted by molar-refractivity contribution is 5.67. The standard InChI is InChI=1S/C12H15N3O/c1-7(2)10-11(15-16-12(10)13)9-4-5-14-8(3)6-9/h4-7H,13H2,1-3H3. The van der Waals surface area contributed by atoms with Crippen LogP contribution in [0.2, 0.25) is 0 Å². The van der Waals surface area contributed by atoms with Crippen molar-refractivity contribution in [2.45, 2.75) is 26.7 Å². The van der Waals surface area contributed by atoms with Crippen LogP contribution in [0.15, 0.2) is 22.9 Å². The van der Waals surface area contributed by atoms with Gasteiger partial charge in [-0.1, -0.05) is 19.0 Å². The number of hydrogen-bond acceptors (Lipinski definition) is 4. The van der Waals surface area contributed by atoms with E-state index in [0.717, 1.165) is 22.5 Å². The first-order valence-electron chi connectivity index (χ1n) is 5.27. The Balaban J connectivity index is 2.56. The zero-order valence-corrected chi connectivity index (χ0v) is 9.69. The van der Waals surface area contributed by atoms with Crippen LogP contribution in [0, 0.1) is 6.92 Å². The molecule has 2 heterocycles. The van der Waals surface area contributed by atoms with Crippen molar-refractivity contribution < 1.29 is 4.52 Å². The molecule has 4 nitrogen and oxygen atoms in total. The molecular weight excluding hydrogens is 202 g/mol. The molecule has 2 rings (SSSR count). The maximum absolute atomic E-state index is 5.77. The summed E-state index contributed by atoms with van der Waals surface area (Å²) in [5, 5.41) is 4.02. The third-order valence-corrected chi connectivity index (χ3v) is 2.50. The van der Waals surface area contributed by atoms with E-state index in [1.54, 1.807) is 6.20 Å². The molecule has 0 spiro atoms. The second-order valence-corrected chi connectivity index (χ2v) is 4.15. The molecule has 0 radical (unpaired) electrons. The van der Waals surface area contributed by atoms with E-state index in [2.05, 4.69) is 24.0 Å². The smallest absolute Gasteiger partial charge is 0.226 e. The van der Waals surface area contributed by atoms with Crippen molar-refractivity contribution >= 4 is 5.88 Å². The fourth-order valence-corrected chi connectivity index (χ4v) is 1.77. The van der Waals surface area contributed by atoms with Crippen LogP contribution in [0.4, 0.5) is 5.88 Å².